The summed E-state index contributed by atoms with van der Waals surface area (Å²) in [5, 5.41) is 10.1. The minimum Gasteiger partial charge on any atom is -0.380 e. The fraction of sp³-hybridized carbons (Fsp3) is 0.600. The predicted molar refractivity (Wildman–Crippen MR) is 82.2 cm³/mol. The number of ether oxygens (including phenoxy) is 1. The number of carbonyl (C=O) groups is 1. The van der Waals surface area contributed by atoms with Crippen LogP contribution in [0.4, 0.5) is 0 Å². The number of nitrogens with zero attached hydrogens (tertiary/aromatic N) is 4. The smallest absolute Gasteiger partial charge is 0.292 e. The number of carbonyl (C=O) groups excluding carboxylic acids is 1. The Morgan fingerprint density at radius 1 is 1.42 bits per heavy atom. The zero-order chi connectivity index (χ0) is 17.1. The monoisotopic (exact) mass is 335 g/mol. The molecule has 0 spiro atoms. The zero-order valence-electron chi connectivity index (χ0n) is 14.0. The van der Waals surface area contributed by atoms with Crippen molar-refractivity contribution in [1.29, 1.82) is 0 Å². The van der Waals surface area contributed by atoms with Crippen LogP contribution in [0.5, 0.6) is 0 Å². The van der Waals surface area contributed by atoms with Gasteiger partial charge in [0.1, 0.15) is 5.76 Å². The molecular weight excluding hydrogens is 314 g/mol. The second kappa shape index (κ2) is 7.10. The highest BCUT2D eigenvalue weighted by molar-refractivity contribution is 5.89. The van der Waals surface area contributed by atoms with E-state index in [0.29, 0.717) is 18.4 Å². The Bertz CT molecular complexity index is 698. The average Bonchev–Trinajstić information content (AvgIpc) is 3.28. The van der Waals surface area contributed by atoms with Gasteiger partial charge in [-0.3, -0.25) is 9.69 Å². The van der Waals surface area contributed by atoms with Crippen LogP contribution in [0.1, 0.15) is 28.0 Å². The van der Waals surface area contributed by atoms with Crippen molar-refractivity contribution in [2.24, 2.45) is 5.92 Å². The maximum atomic E-state index is 11.5. The van der Waals surface area contributed by atoms with E-state index in [1.165, 1.54) is 7.05 Å². The summed E-state index contributed by atoms with van der Waals surface area (Å²) in [7, 11) is 3.24. The van der Waals surface area contributed by atoms with Gasteiger partial charge in [0.15, 0.2) is 0 Å². The summed E-state index contributed by atoms with van der Waals surface area (Å²) < 4.78 is 16.0. The summed E-state index contributed by atoms with van der Waals surface area (Å²) in [5.74, 6) is 1.26. The third-order valence-electron chi connectivity index (χ3n) is 4.16. The predicted octanol–water partition coefficient (Wildman–Crippen LogP) is 0.415. The molecule has 24 heavy (non-hydrogen) atoms. The molecule has 9 heteroatoms. The second-order valence-corrected chi connectivity index (χ2v) is 5.96. The molecule has 3 rings (SSSR count). The maximum absolute atomic E-state index is 11.5. The fourth-order valence-electron chi connectivity index (χ4n) is 3.00. The normalized spacial score (nSPS) is 21.3. The molecule has 3 heterocycles. The van der Waals surface area contributed by atoms with Crippen LogP contribution in [-0.2, 0) is 17.7 Å². The standard InChI is InChI=1S/C15H21N5O4/c1-9-4-11(23-18-9)5-10-6-20(7-12(10)22-3)8-13-17-14(19-24-13)15(21)16-2/h4,10,12H,5-8H2,1-3H3,(H,16,21)/t10-,12+/m1/s1. The summed E-state index contributed by atoms with van der Waals surface area (Å²) in [6.45, 7) is 3.96. The van der Waals surface area contributed by atoms with Gasteiger partial charge in [0.2, 0.25) is 5.89 Å². The third kappa shape index (κ3) is 3.62. The van der Waals surface area contributed by atoms with Crippen molar-refractivity contribution in [3.8, 4) is 0 Å². The van der Waals surface area contributed by atoms with Gasteiger partial charge in [-0.15, -0.1) is 0 Å². The van der Waals surface area contributed by atoms with Crippen LogP contribution in [0.25, 0.3) is 0 Å². The first-order chi connectivity index (χ1) is 11.6. The molecule has 130 valence electrons. The molecule has 0 unspecified atom stereocenters. The van der Waals surface area contributed by atoms with Crippen molar-refractivity contribution < 1.29 is 18.6 Å². The molecule has 1 saturated heterocycles. The van der Waals surface area contributed by atoms with Gasteiger partial charge in [-0.2, -0.15) is 4.98 Å². The van der Waals surface area contributed by atoms with Crippen molar-refractivity contribution in [3.63, 3.8) is 0 Å². The molecule has 1 aliphatic heterocycles. The number of nitrogens with one attached hydrogen (secondary N) is 1. The molecular formula is C15H21N5O4. The van der Waals surface area contributed by atoms with Crippen LogP contribution in [0.15, 0.2) is 15.1 Å². The topological polar surface area (TPSA) is 107 Å². The Morgan fingerprint density at radius 3 is 2.92 bits per heavy atom. The number of likely N-dealkylation sites (tertiary alicyclic amines) is 1. The number of aryl methyl sites for hydroxylation is 1. The molecule has 2 aromatic rings. The van der Waals surface area contributed by atoms with E-state index < -0.39 is 0 Å². The van der Waals surface area contributed by atoms with Crippen LogP contribution in [0.2, 0.25) is 0 Å². The highest BCUT2D eigenvalue weighted by atomic mass is 16.5. The molecule has 0 radical (unpaired) electrons. The lowest BCUT2D eigenvalue weighted by atomic mass is 10.0. The number of amides is 1. The van der Waals surface area contributed by atoms with Gasteiger partial charge in [-0.1, -0.05) is 10.3 Å². The molecule has 1 aliphatic rings. The summed E-state index contributed by atoms with van der Waals surface area (Å²) in [4.78, 5) is 17.8. The van der Waals surface area contributed by atoms with E-state index >= 15 is 0 Å². The van der Waals surface area contributed by atoms with Crippen molar-refractivity contribution in [2.75, 3.05) is 27.2 Å². The zero-order valence-corrected chi connectivity index (χ0v) is 14.0. The second-order valence-electron chi connectivity index (χ2n) is 5.96. The van der Waals surface area contributed by atoms with Gasteiger partial charge in [0.25, 0.3) is 11.7 Å². The van der Waals surface area contributed by atoms with Crippen molar-refractivity contribution in [3.05, 3.63) is 29.2 Å². The summed E-state index contributed by atoms with van der Waals surface area (Å²) >= 11 is 0. The van der Waals surface area contributed by atoms with Gasteiger partial charge >= 0.3 is 0 Å². The van der Waals surface area contributed by atoms with Crippen molar-refractivity contribution >= 4 is 5.91 Å². The largest absolute Gasteiger partial charge is 0.380 e. The lowest BCUT2D eigenvalue weighted by Crippen LogP contribution is -2.23. The highest BCUT2D eigenvalue weighted by Crippen LogP contribution is 2.25. The van der Waals surface area contributed by atoms with Gasteiger partial charge < -0.3 is 19.1 Å². The average molecular weight is 335 g/mol. The van der Waals surface area contributed by atoms with E-state index in [1.807, 2.05) is 13.0 Å². The number of hydrogen-bond donors (Lipinski definition) is 1. The Hall–Kier alpha value is -2.26. The van der Waals surface area contributed by atoms with E-state index in [2.05, 4.69) is 25.5 Å². The molecule has 0 aliphatic carbocycles. The lowest BCUT2D eigenvalue weighted by Gasteiger charge is -2.14. The first kappa shape index (κ1) is 16.6. The molecule has 9 nitrogen and oxygen atoms in total. The van der Waals surface area contributed by atoms with E-state index in [9.17, 15) is 4.79 Å². The quantitative estimate of drug-likeness (QED) is 0.809. The van der Waals surface area contributed by atoms with Crippen LogP contribution < -0.4 is 5.32 Å². The van der Waals surface area contributed by atoms with Crippen LogP contribution in [0.3, 0.4) is 0 Å². The number of methoxy groups -OCH3 is 1. The molecule has 0 aromatic carbocycles. The number of aromatic nitrogens is 3. The third-order valence-corrected chi connectivity index (χ3v) is 4.16. The Labute approximate surface area is 139 Å². The van der Waals surface area contributed by atoms with E-state index in [1.54, 1.807) is 7.11 Å². The van der Waals surface area contributed by atoms with Crippen LogP contribution >= 0.6 is 0 Å². The Balaban J connectivity index is 1.61. The van der Waals surface area contributed by atoms with Gasteiger partial charge in [-0.25, -0.2) is 0 Å². The first-order valence-electron chi connectivity index (χ1n) is 7.81. The van der Waals surface area contributed by atoms with Gasteiger partial charge in [0.05, 0.1) is 18.3 Å². The number of rotatable bonds is 6. The summed E-state index contributed by atoms with van der Waals surface area (Å²) in [6, 6.07) is 1.95. The minimum absolute atomic E-state index is 0.0451. The molecule has 1 N–H and O–H groups in total. The Kier molecular flexibility index (Phi) is 4.91. The van der Waals surface area contributed by atoms with Gasteiger partial charge in [0, 0.05) is 45.7 Å². The van der Waals surface area contributed by atoms with E-state index in [-0.39, 0.29) is 17.8 Å². The van der Waals surface area contributed by atoms with Crippen LogP contribution in [0, 0.1) is 12.8 Å². The highest BCUT2D eigenvalue weighted by Gasteiger charge is 2.34. The lowest BCUT2D eigenvalue weighted by molar-refractivity contribution is 0.0756. The SMILES string of the molecule is CNC(=O)c1noc(CN2C[C@@H](Cc3cc(C)no3)[C@@H](OC)C2)n1. The van der Waals surface area contributed by atoms with Crippen LogP contribution in [-0.4, -0.2) is 59.5 Å². The fourth-order valence-corrected chi connectivity index (χ4v) is 3.00. The first-order valence-corrected chi connectivity index (χ1v) is 7.81. The van der Waals surface area contributed by atoms with Crippen molar-refractivity contribution in [2.45, 2.75) is 26.0 Å². The Morgan fingerprint density at radius 2 is 2.25 bits per heavy atom. The van der Waals surface area contributed by atoms with Gasteiger partial charge in [-0.05, 0) is 6.92 Å². The molecule has 1 amide bonds. The molecule has 1 fully saturated rings. The van der Waals surface area contributed by atoms with E-state index in [0.717, 1.165) is 31.0 Å². The molecule has 0 bridgehead atoms. The molecule has 2 atom stereocenters. The van der Waals surface area contributed by atoms with Crippen molar-refractivity contribution in [1.82, 2.24) is 25.5 Å². The minimum atomic E-state index is -0.361. The van der Waals surface area contributed by atoms with E-state index in [4.69, 9.17) is 13.8 Å². The summed E-state index contributed by atoms with van der Waals surface area (Å²) in [6.07, 6.45) is 0.861. The molecule has 2 aromatic heterocycles. The maximum Gasteiger partial charge on any atom is 0.292 e. The molecule has 0 saturated carbocycles. The summed E-state index contributed by atoms with van der Waals surface area (Å²) in [5.41, 5.74) is 0.876. The number of hydrogen-bond acceptors (Lipinski definition) is 8.